The van der Waals surface area contributed by atoms with Gasteiger partial charge < -0.3 is 5.11 Å². The van der Waals surface area contributed by atoms with Crippen LogP contribution in [-0.2, 0) is 6.54 Å². The molecule has 2 aromatic carbocycles. The predicted octanol–water partition coefficient (Wildman–Crippen LogP) is 2.19. The molecule has 0 unspecified atom stereocenters. The van der Waals surface area contributed by atoms with E-state index in [0.717, 1.165) is 16.6 Å². The fourth-order valence-electron chi connectivity index (χ4n) is 1.81. The van der Waals surface area contributed by atoms with Crippen LogP contribution >= 0.6 is 0 Å². The fourth-order valence-corrected chi connectivity index (χ4v) is 1.81. The molecule has 0 bridgehead atoms. The first-order chi connectivity index (χ1) is 8.33. The van der Waals surface area contributed by atoms with Gasteiger partial charge in [-0.3, -0.25) is 0 Å². The van der Waals surface area contributed by atoms with Crippen molar-refractivity contribution in [1.82, 2.24) is 15.0 Å². The Hall–Kier alpha value is -2.36. The van der Waals surface area contributed by atoms with E-state index in [1.165, 1.54) is 0 Å². The van der Waals surface area contributed by atoms with Crippen LogP contribution in [0.2, 0.25) is 0 Å². The van der Waals surface area contributed by atoms with Gasteiger partial charge in [-0.2, -0.15) is 0 Å². The topological polar surface area (TPSA) is 50.9 Å². The van der Waals surface area contributed by atoms with E-state index in [0.29, 0.717) is 6.54 Å². The highest BCUT2D eigenvalue weighted by atomic mass is 16.3. The average molecular weight is 225 g/mol. The Morgan fingerprint density at radius 2 is 1.76 bits per heavy atom. The largest absolute Gasteiger partial charge is 0.508 e. The Kier molecular flexibility index (Phi) is 2.26. The summed E-state index contributed by atoms with van der Waals surface area (Å²) in [7, 11) is 0. The predicted molar refractivity (Wildman–Crippen MR) is 64.7 cm³/mol. The number of rotatable bonds is 2. The molecule has 0 aliphatic rings. The molecule has 0 spiro atoms. The van der Waals surface area contributed by atoms with Crippen LogP contribution < -0.4 is 0 Å². The van der Waals surface area contributed by atoms with Gasteiger partial charge in [0.2, 0.25) is 0 Å². The molecule has 0 aliphatic heterocycles. The summed E-state index contributed by atoms with van der Waals surface area (Å²) < 4.78 is 1.85. The molecule has 1 N–H and O–H groups in total. The summed E-state index contributed by atoms with van der Waals surface area (Å²) in [5.41, 5.74) is 2.99. The maximum atomic E-state index is 9.22. The lowest BCUT2D eigenvalue weighted by atomic mass is 10.2. The van der Waals surface area contributed by atoms with Crippen LogP contribution in [0.25, 0.3) is 11.0 Å². The zero-order valence-electron chi connectivity index (χ0n) is 9.11. The maximum Gasteiger partial charge on any atom is 0.115 e. The highest BCUT2D eigenvalue weighted by Gasteiger charge is 2.03. The van der Waals surface area contributed by atoms with Gasteiger partial charge in [-0.05, 0) is 29.8 Å². The van der Waals surface area contributed by atoms with Gasteiger partial charge in [-0.15, -0.1) is 5.10 Å². The Morgan fingerprint density at radius 1 is 1.00 bits per heavy atom. The highest BCUT2D eigenvalue weighted by molar-refractivity contribution is 5.73. The summed E-state index contributed by atoms with van der Waals surface area (Å²) >= 11 is 0. The van der Waals surface area contributed by atoms with E-state index in [9.17, 15) is 5.11 Å². The number of phenols is 1. The van der Waals surface area contributed by atoms with Crippen molar-refractivity contribution in [3.05, 3.63) is 54.1 Å². The van der Waals surface area contributed by atoms with Crippen LogP contribution in [-0.4, -0.2) is 20.1 Å². The van der Waals surface area contributed by atoms with Crippen molar-refractivity contribution in [2.45, 2.75) is 6.54 Å². The van der Waals surface area contributed by atoms with Gasteiger partial charge >= 0.3 is 0 Å². The van der Waals surface area contributed by atoms with Crippen LogP contribution in [0.4, 0.5) is 0 Å². The van der Waals surface area contributed by atoms with Crippen molar-refractivity contribution < 1.29 is 5.11 Å². The molecule has 0 atom stereocenters. The number of aromatic nitrogens is 3. The maximum absolute atomic E-state index is 9.22. The lowest BCUT2D eigenvalue weighted by Crippen LogP contribution is -2.01. The zero-order valence-corrected chi connectivity index (χ0v) is 9.11. The zero-order chi connectivity index (χ0) is 11.7. The second kappa shape index (κ2) is 3.90. The summed E-state index contributed by atoms with van der Waals surface area (Å²) in [6, 6.07) is 15.0. The average Bonchev–Trinajstić information content (AvgIpc) is 2.76. The van der Waals surface area contributed by atoms with Crippen molar-refractivity contribution >= 4 is 11.0 Å². The number of hydrogen-bond donors (Lipinski definition) is 1. The molecule has 1 aromatic heterocycles. The van der Waals surface area contributed by atoms with Crippen LogP contribution in [0.1, 0.15) is 5.56 Å². The number of fused-ring (bicyclic) bond motifs is 1. The Bertz CT molecular complexity index is 643. The molecule has 84 valence electrons. The van der Waals surface area contributed by atoms with Crippen molar-refractivity contribution in [2.24, 2.45) is 0 Å². The van der Waals surface area contributed by atoms with Crippen LogP contribution in [0.5, 0.6) is 5.75 Å². The van der Waals surface area contributed by atoms with Gasteiger partial charge in [0.15, 0.2) is 0 Å². The van der Waals surface area contributed by atoms with Gasteiger partial charge in [-0.1, -0.05) is 29.5 Å². The monoisotopic (exact) mass is 225 g/mol. The molecule has 4 nitrogen and oxygen atoms in total. The third-order valence-electron chi connectivity index (χ3n) is 2.69. The number of aromatic hydroxyl groups is 1. The van der Waals surface area contributed by atoms with Crippen molar-refractivity contribution in [1.29, 1.82) is 0 Å². The number of phenolic OH excluding ortho intramolecular Hbond substituents is 1. The summed E-state index contributed by atoms with van der Waals surface area (Å²) in [5.74, 6) is 0.275. The van der Waals surface area contributed by atoms with Gasteiger partial charge in [0.25, 0.3) is 0 Å². The molecular formula is C13H11N3O. The second-order valence-electron chi connectivity index (χ2n) is 3.90. The first-order valence-corrected chi connectivity index (χ1v) is 5.39. The van der Waals surface area contributed by atoms with E-state index in [2.05, 4.69) is 10.3 Å². The molecule has 0 saturated heterocycles. The van der Waals surface area contributed by atoms with Crippen LogP contribution in [0.15, 0.2) is 48.5 Å². The molecule has 0 fully saturated rings. The normalized spacial score (nSPS) is 10.8. The van der Waals surface area contributed by atoms with Crippen molar-refractivity contribution in [3.8, 4) is 5.75 Å². The number of benzene rings is 2. The minimum Gasteiger partial charge on any atom is -0.508 e. The Morgan fingerprint density at radius 3 is 2.59 bits per heavy atom. The quantitative estimate of drug-likeness (QED) is 0.727. The SMILES string of the molecule is Oc1ccc(Cn2nnc3ccccc32)cc1. The van der Waals surface area contributed by atoms with E-state index >= 15 is 0 Å². The first-order valence-electron chi connectivity index (χ1n) is 5.39. The second-order valence-corrected chi connectivity index (χ2v) is 3.90. The Labute approximate surface area is 98.1 Å². The van der Waals surface area contributed by atoms with Gasteiger partial charge in [0.1, 0.15) is 11.3 Å². The fraction of sp³-hybridized carbons (Fsp3) is 0.0769. The number of para-hydroxylation sites is 1. The van der Waals surface area contributed by atoms with Gasteiger partial charge in [0, 0.05) is 0 Å². The summed E-state index contributed by atoms with van der Waals surface area (Å²) in [6.07, 6.45) is 0. The van der Waals surface area contributed by atoms with E-state index in [-0.39, 0.29) is 5.75 Å². The molecular weight excluding hydrogens is 214 g/mol. The summed E-state index contributed by atoms with van der Waals surface area (Å²) in [5, 5.41) is 17.4. The third-order valence-corrected chi connectivity index (χ3v) is 2.69. The number of nitrogens with zero attached hydrogens (tertiary/aromatic N) is 3. The minimum absolute atomic E-state index is 0.275. The first kappa shape index (κ1) is 9.84. The lowest BCUT2D eigenvalue weighted by molar-refractivity contribution is 0.475. The third kappa shape index (κ3) is 1.85. The highest BCUT2D eigenvalue weighted by Crippen LogP contribution is 2.14. The van der Waals surface area contributed by atoms with Gasteiger partial charge in [-0.25, -0.2) is 4.68 Å². The molecule has 0 saturated carbocycles. The molecule has 0 radical (unpaired) electrons. The lowest BCUT2D eigenvalue weighted by Gasteiger charge is -2.02. The van der Waals surface area contributed by atoms with Crippen LogP contribution in [0.3, 0.4) is 0 Å². The van der Waals surface area contributed by atoms with E-state index in [1.807, 2.05) is 41.1 Å². The molecule has 0 amide bonds. The van der Waals surface area contributed by atoms with E-state index in [1.54, 1.807) is 12.1 Å². The minimum atomic E-state index is 0.275. The number of hydrogen-bond acceptors (Lipinski definition) is 3. The molecule has 3 rings (SSSR count). The molecule has 4 heteroatoms. The molecule has 0 aliphatic carbocycles. The Balaban J connectivity index is 1.97. The smallest absolute Gasteiger partial charge is 0.115 e. The summed E-state index contributed by atoms with van der Waals surface area (Å²) in [6.45, 7) is 0.654. The molecule has 17 heavy (non-hydrogen) atoms. The van der Waals surface area contributed by atoms with E-state index < -0.39 is 0 Å². The van der Waals surface area contributed by atoms with Crippen molar-refractivity contribution in [2.75, 3.05) is 0 Å². The van der Waals surface area contributed by atoms with Crippen LogP contribution in [0, 0.1) is 0 Å². The standard InChI is InChI=1S/C13H11N3O/c17-11-7-5-10(6-8-11)9-16-13-4-2-1-3-12(13)14-15-16/h1-8,17H,9H2. The van der Waals surface area contributed by atoms with Gasteiger partial charge in [0.05, 0.1) is 12.1 Å². The van der Waals surface area contributed by atoms with E-state index in [4.69, 9.17) is 0 Å². The molecule has 3 aromatic rings. The summed E-state index contributed by atoms with van der Waals surface area (Å²) in [4.78, 5) is 0. The molecule has 1 heterocycles. The van der Waals surface area contributed by atoms with Crippen molar-refractivity contribution in [3.63, 3.8) is 0 Å².